The lowest BCUT2D eigenvalue weighted by Crippen LogP contribution is -2.33. The first-order valence-electron chi connectivity index (χ1n) is 10.4. The lowest BCUT2D eigenvalue weighted by molar-refractivity contribution is -0.156. The number of hydrogen-bond acceptors (Lipinski definition) is 6. The molecule has 1 fully saturated rings. The van der Waals surface area contributed by atoms with E-state index in [1.165, 1.54) is 7.11 Å². The topological polar surface area (TPSA) is 107 Å². The van der Waals surface area contributed by atoms with Crippen molar-refractivity contribution in [3.8, 4) is 11.8 Å². The molecule has 0 radical (unpaired) electrons. The number of methoxy groups -OCH3 is 1. The van der Waals surface area contributed by atoms with Crippen LogP contribution in [0.5, 0.6) is 0 Å². The molecule has 0 aromatic heterocycles. The maximum atomic E-state index is 11.4. The van der Waals surface area contributed by atoms with Gasteiger partial charge in [-0.05, 0) is 48.6 Å². The van der Waals surface area contributed by atoms with Gasteiger partial charge in [0.1, 0.15) is 0 Å². The molecule has 1 heterocycles. The predicted octanol–water partition coefficient (Wildman–Crippen LogP) is 3.08. The molecule has 7 nitrogen and oxygen atoms in total. The summed E-state index contributed by atoms with van der Waals surface area (Å²) in [5, 5.41) is 9.01. The molecule has 5 rings (SSSR count). The van der Waals surface area contributed by atoms with Crippen LogP contribution >= 0.6 is 0 Å². The van der Waals surface area contributed by atoms with Crippen LogP contribution in [0.3, 0.4) is 0 Å². The van der Waals surface area contributed by atoms with E-state index in [9.17, 15) is 19.2 Å². The van der Waals surface area contributed by atoms with Crippen molar-refractivity contribution in [1.29, 1.82) is 0 Å². The van der Waals surface area contributed by atoms with Gasteiger partial charge in [0.2, 0.25) is 0 Å². The number of aliphatic carboxylic acids is 1. The number of carboxylic acid groups (broad SMARTS) is 1. The molecule has 1 aliphatic heterocycles. The van der Waals surface area contributed by atoms with Crippen LogP contribution in [-0.4, -0.2) is 36.1 Å². The van der Waals surface area contributed by atoms with E-state index in [1.54, 1.807) is 18.2 Å². The highest BCUT2D eigenvalue weighted by atomic mass is 16.6. The number of carboxylic acids is 1. The van der Waals surface area contributed by atoms with Gasteiger partial charge in [0, 0.05) is 11.1 Å². The first-order valence-corrected chi connectivity index (χ1v) is 10.4. The van der Waals surface area contributed by atoms with Crippen LogP contribution in [0.4, 0.5) is 0 Å². The molecule has 0 spiro atoms. The second-order valence-electron chi connectivity index (χ2n) is 7.91. The van der Waals surface area contributed by atoms with Gasteiger partial charge in [0.25, 0.3) is 0 Å². The van der Waals surface area contributed by atoms with Gasteiger partial charge in [-0.3, -0.25) is 9.59 Å². The third-order valence-electron chi connectivity index (χ3n) is 5.99. The number of fused-ring (bicyclic) bond motifs is 3. The van der Waals surface area contributed by atoms with Crippen molar-refractivity contribution in [2.24, 2.45) is 23.7 Å². The third-order valence-corrected chi connectivity index (χ3v) is 5.99. The van der Waals surface area contributed by atoms with E-state index in [2.05, 4.69) is 21.3 Å². The summed E-state index contributed by atoms with van der Waals surface area (Å²) in [5.74, 6) is 2.47. The quantitative estimate of drug-likeness (QED) is 0.328. The number of ether oxygens (including phenoxy) is 2. The molecule has 4 atom stereocenters. The molecule has 2 aromatic rings. The molecule has 0 amide bonds. The predicted molar refractivity (Wildman–Crippen MR) is 116 cm³/mol. The molecule has 1 saturated carbocycles. The van der Waals surface area contributed by atoms with Crippen LogP contribution in [0.2, 0.25) is 0 Å². The van der Waals surface area contributed by atoms with Gasteiger partial charge in [-0.25, -0.2) is 9.59 Å². The molecule has 4 unspecified atom stereocenters. The molecule has 7 heteroatoms. The van der Waals surface area contributed by atoms with Crippen LogP contribution < -0.4 is 0 Å². The van der Waals surface area contributed by atoms with Gasteiger partial charge >= 0.3 is 23.9 Å². The van der Waals surface area contributed by atoms with Crippen LogP contribution in [-0.2, 0) is 19.1 Å². The summed E-state index contributed by atoms with van der Waals surface area (Å²) in [6.45, 7) is 0. The monoisotopic (exact) mass is 444 g/mol. The summed E-state index contributed by atoms with van der Waals surface area (Å²) < 4.78 is 9.15. The molecule has 33 heavy (non-hydrogen) atoms. The van der Waals surface area contributed by atoms with E-state index in [4.69, 9.17) is 5.11 Å². The molecule has 2 aliphatic carbocycles. The Morgan fingerprint density at radius 2 is 1.55 bits per heavy atom. The molecule has 0 saturated heterocycles. The second-order valence-corrected chi connectivity index (χ2v) is 7.91. The SMILES string of the molecule is COC(=O)C1C2C=CC(C2)C1C(=O)O.O=C1OC(=O)c2cc(C#Cc3ccccc3)ccc21. The zero-order valence-electron chi connectivity index (χ0n) is 17.7. The number of esters is 3. The zero-order chi connectivity index (χ0) is 23.5. The Hall–Kier alpha value is -4.18. The normalized spacial score (nSPS) is 23.5. The van der Waals surface area contributed by atoms with Crippen molar-refractivity contribution in [3.63, 3.8) is 0 Å². The first kappa shape index (κ1) is 22.0. The fourth-order valence-corrected chi connectivity index (χ4v) is 4.45. The summed E-state index contributed by atoms with van der Waals surface area (Å²) >= 11 is 0. The van der Waals surface area contributed by atoms with Gasteiger partial charge in [-0.15, -0.1) is 0 Å². The Labute approximate surface area is 190 Å². The van der Waals surface area contributed by atoms with Crippen LogP contribution in [0.1, 0.15) is 38.3 Å². The Kier molecular flexibility index (Phi) is 6.09. The summed E-state index contributed by atoms with van der Waals surface area (Å²) in [4.78, 5) is 45.1. The molecule has 2 bridgehead atoms. The number of carbonyl (C=O) groups excluding carboxylic acids is 3. The third kappa shape index (κ3) is 4.41. The Balaban J connectivity index is 0.000000165. The Morgan fingerprint density at radius 1 is 0.909 bits per heavy atom. The van der Waals surface area contributed by atoms with Crippen LogP contribution in [0.25, 0.3) is 0 Å². The van der Waals surface area contributed by atoms with E-state index >= 15 is 0 Å². The van der Waals surface area contributed by atoms with Crippen molar-refractivity contribution in [2.75, 3.05) is 7.11 Å². The summed E-state index contributed by atoms with van der Waals surface area (Å²) in [5.41, 5.74) is 2.15. The first-order chi connectivity index (χ1) is 15.9. The van der Waals surface area contributed by atoms with Crippen LogP contribution in [0.15, 0.2) is 60.7 Å². The van der Waals surface area contributed by atoms with Crippen molar-refractivity contribution in [2.45, 2.75) is 6.42 Å². The maximum absolute atomic E-state index is 11.4. The van der Waals surface area contributed by atoms with Gasteiger partial charge < -0.3 is 14.6 Å². The Morgan fingerprint density at radius 3 is 2.21 bits per heavy atom. The molecule has 2 aromatic carbocycles. The zero-order valence-corrected chi connectivity index (χ0v) is 17.7. The van der Waals surface area contributed by atoms with Gasteiger partial charge in [0.15, 0.2) is 0 Å². The van der Waals surface area contributed by atoms with E-state index in [0.29, 0.717) is 11.1 Å². The number of benzene rings is 2. The summed E-state index contributed by atoms with van der Waals surface area (Å²) in [7, 11) is 1.30. The largest absolute Gasteiger partial charge is 0.481 e. The fourth-order valence-electron chi connectivity index (χ4n) is 4.45. The number of carbonyl (C=O) groups is 4. The van der Waals surface area contributed by atoms with E-state index in [0.717, 1.165) is 12.0 Å². The molecule has 3 aliphatic rings. The minimum absolute atomic E-state index is 0.0154. The number of hydrogen-bond donors (Lipinski definition) is 1. The standard InChI is InChI=1S/C16H8O3.C10H12O4/c17-15-13-9-8-12(10-14(13)16(18)19-15)7-6-11-4-2-1-3-5-11;1-14-10(13)8-6-3-2-5(4-6)7(8)9(11)12/h1-5,8-10H;2-3,5-8H,4H2,1H3,(H,11,12). The fraction of sp³-hybridized carbons (Fsp3) is 0.231. The van der Waals surface area contributed by atoms with Crippen molar-refractivity contribution >= 4 is 23.9 Å². The highest BCUT2D eigenvalue weighted by Crippen LogP contribution is 2.48. The minimum Gasteiger partial charge on any atom is -0.481 e. The van der Waals surface area contributed by atoms with Crippen molar-refractivity contribution in [1.82, 2.24) is 0 Å². The molecule has 166 valence electrons. The minimum atomic E-state index is -0.891. The maximum Gasteiger partial charge on any atom is 0.346 e. The van der Waals surface area contributed by atoms with E-state index in [-0.39, 0.29) is 17.4 Å². The number of cyclic esters (lactones) is 2. The van der Waals surface area contributed by atoms with Crippen LogP contribution in [0, 0.1) is 35.5 Å². The van der Waals surface area contributed by atoms with Gasteiger partial charge in [-0.1, -0.05) is 42.2 Å². The molecular formula is C26H20O7. The van der Waals surface area contributed by atoms with E-state index in [1.807, 2.05) is 42.5 Å². The van der Waals surface area contributed by atoms with Crippen molar-refractivity contribution < 1.29 is 33.8 Å². The summed E-state index contributed by atoms with van der Waals surface area (Å²) in [6.07, 6.45) is 4.62. The smallest absolute Gasteiger partial charge is 0.346 e. The van der Waals surface area contributed by atoms with E-state index < -0.39 is 35.7 Å². The Bertz CT molecular complexity index is 1220. The average molecular weight is 444 g/mol. The molecular weight excluding hydrogens is 424 g/mol. The van der Waals surface area contributed by atoms with Crippen molar-refractivity contribution in [3.05, 3.63) is 82.9 Å². The number of rotatable bonds is 2. The second kappa shape index (κ2) is 9.13. The molecule has 1 N–H and O–H groups in total. The lowest BCUT2D eigenvalue weighted by Gasteiger charge is -2.21. The van der Waals surface area contributed by atoms with Gasteiger partial charge in [-0.2, -0.15) is 0 Å². The highest BCUT2D eigenvalue weighted by molar-refractivity contribution is 6.14. The number of allylic oxidation sites excluding steroid dienone is 2. The lowest BCUT2D eigenvalue weighted by atomic mass is 9.83. The highest BCUT2D eigenvalue weighted by Gasteiger charge is 2.52. The van der Waals surface area contributed by atoms with Gasteiger partial charge in [0.05, 0.1) is 30.1 Å². The summed E-state index contributed by atoms with van der Waals surface area (Å²) in [6, 6.07) is 14.4. The average Bonchev–Trinajstić information content (AvgIpc) is 3.52.